The lowest BCUT2D eigenvalue weighted by Gasteiger charge is -2.41. The van der Waals surface area contributed by atoms with E-state index in [4.69, 9.17) is 0 Å². The molecule has 1 aliphatic carbocycles. The van der Waals surface area contributed by atoms with E-state index >= 15 is 0 Å². The molecular weight excluding hydrogens is 208 g/mol. The molecule has 1 spiro atoms. The van der Waals surface area contributed by atoms with E-state index in [0.717, 1.165) is 30.6 Å². The van der Waals surface area contributed by atoms with Crippen LogP contribution < -0.4 is 5.32 Å². The van der Waals surface area contributed by atoms with Gasteiger partial charge in [0.1, 0.15) is 0 Å². The molecule has 3 rings (SSSR count). The van der Waals surface area contributed by atoms with Crippen LogP contribution in [-0.4, -0.2) is 13.1 Å². The number of piperidine rings is 1. The molecule has 0 saturated carbocycles. The van der Waals surface area contributed by atoms with Crippen molar-refractivity contribution in [2.45, 2.75) is 24.7 Å². The third-order valence-corrected chi connectivity index (χ3v) is 4.17. The Kier molecular flexibility index (Phi) is 2.49. The minimum Gasteiger partial charge on any atom is -0.317 e. The molecule has 2 heteroatoms. The number of benzene rings is 1. The maximum Gasteiger partial charge on any atom is 0.0994 e. The van der Waals surface area contributed by atoms with Gasteiger partial charge in [0.2, 0.25) is 0 Å². The number of nitrogens with one attached hydrogen (secondary N) is 1. The van der Waals surface area contributed by atoms with Gasteiger partial charge in [-0.3, -0.25) is 0 Å². The van der Waals surface area contributed by atoms with E-state index in [9.17, 15) is 5.26 Å². The number of nitrogens with zero attached hydrogens (tertiary/aromatic N) is 1. The van der Waals surface area contributed by atoms with Crippen LogP contribution in [0.1, 0.15) is 30.4 Å². The van der Waals surface area contributed by atoms with Gasteiger partial charge in [0.25, 0.3) is 0 Å². The molecule has 0 bridgehead atoms. The Morgan fingerprint density at radius 1 is 1.18 bits per heavy atom. The lowest BCUT2D eigenvalue weighted by Crippen LogP contribution is -2.41. The van der Waals surface area contributed by atoms with Gasteiger partial charge in [-0.2, -0.15) is 5.26 Å². The average Bonchev–Trinajstić information content (AvgIpc) is 2.41. The summed E-state index contributed by atoms with van der Waals surface area (Å²) in [4.78, 5) is 0. The predicted octanol–water partition coefficient (Wildman–Crippen LogP) is 2.62. The Hall–Kier alpha value is -1.59. The molecule has 86 valence electrons. The molecule has 1 aliphatic heterocycles. The highest BCUT2D eigenvalue weighted by atomic mass is 14.9. The zero-order valence-corrected chi connectivity index (χ0v) is 9.87. The maximum absolute atomic E-state index is 9.19. The SMILES string of the molecule is N#CC1=CCC2(CCNCC2)c2ccccc21. The number of allylic oxidation sites excluding steroid dienone is 2. The minimum atomic E-state index is 0.280. The van der Waals surface area contributed by atoms with Crippen molar-refractivity contribution in [2.24, 2.45) is 0 Å². The van der Waals surface area contributed by atoms with Gasteiger partial charge >= 0.3 is 0 Å². The van der Waals surface area contributed by atoms with Gasteiger partial charge in [0.05, 0.1) is 11.6 Å². The molecule has 1 N–H and O–H groups in total. The quantitative estimate of drug-likeness (QED) is 0.735. The molecule has 0 radical (unpaired) electrons. The van der Waals surface area contributed by atoms with Crippen LogP contribution in [0.15, 0.2) is 30.3 Å². The summed E-state index contributed by atoms with van der Waals surface area (Å²) in [6.07, 6.45) is 5.51. The highest BCUT2D eigenvalue weighted by molar-refractivity contribution is 5.81. The van der Waals surface area contributed by atoms with E-state index in [2.05, 4.69) is 35.7 Å². The first-order chi connectivity index (χ1) is 8.36. The van der Waals surface area contributed by atoms with Gasteiger partial charge in [-0.05, 0) is 43.5 Å². The standard InChI is InChI=1S/C15H16N2/c16-11-12-5-6-15(7-9-17-10-8-15)14-4-2-1-3-13(12)14/h1-5,17H,6-10H2. The smallest absolute Gasteiger partial charge is 0.0994 e. The van der Waals surface area contributed by atoms with Gasteiger partial charge < -0.3 is 5.32 Å². The fourth-order valence-corrected chi connectivity index (χ4v) is 3.18. The summed E-state index contributed by atoms with van der Waals surface area (Å²) in [7, 11) is 0. The number of hydrogen-bond acceptors (Lipinski definition) is 2. The first kappa shape index (κ1) is 10.6. The largest absolute Gasteiger partial charge is 0.317 e. The third kappa shape index (κ3) is 1.59. The Morgan fingerprint density at radius 3 is 2.71 bits per heavy atom. The monoisotopic (exact) mass is 224 g/mol. The summed E-state index contributed by atoms with van der Waals surface area (Å²) < 4.78 is 0. The van der Waals surface area contributed by atoms with Crippen molar-refractivity contribution >= 4 is 5.57 Å². The molecule has 17 heavy (non-hydrogen) atoms. The zero-order chi connectivity index (χ0) is 11.7. The lowest BCUT2D eigenvalue weighted by molar-refractivity contribution is 0.307. The summed E-state index contributed by atoms with van der Waals surface area (Å²) in [6, 6.07) is 10.8. The molecule has 1 aromatic rings. The Balaban J connectivity index is 2.12. The second-order valence-electron chi connectivity index (χ2n) is 5.01. The van der Waals surface area contributed by atoms with Gasteiger partial charge in [-0.1, -0.05) is 30.3 Å². The topological polar surface area (TPSA) is 35.8 Å². The summed E-state index contributed by atoms with van der Waals surface area (Å²) >= 11 is 0. The van der Waals surface area contributed by atoms with Gasteiger partial charge in [-0.15, -0.1) is 0 Å². The fourth-order valence-electron chi connectivity index (χ4n) is 3.18. The van der Waals surface area contributed by atoms with Crippen molar-refractivity contribution in [3.05, 3.63) is 41.5 Å². The van der Waals surface area contributed by atoms with Crippen LogP contribution in [0, 0.1) is 11.3 Å². The minimum absolute atomic E-state index is 0.280. The predicted molar refractivity (Wildman–Crippen MR) is 68.4 cm³/mol. The van der Waals surface area contributed by atoms with Crippen LogP contribution in [0.2, 0.25) is 0 Å². The number of nitriles is 1. The van der Waals surface area contributed by atoms with Crippen LogP contribution in [0.25, 0.3) is 5.57 Å². The van der Waals surface area contributed by atoms with E-state index in [1.165, 1.54) is 18.4 Å². The van der Waals surface area contributed by atoms with Crippen molar-refractivity contribution in [1.82, 2.24) is 5.32 Å². The number of hydrogen-bond donors (Lipinski definition) is 1. The zero-order valence-electron chi connectivity index (χ0n) is 9.87. The first-order valence-electron chi connectivity index (χ1n) is 6.27. The van der Waals surface area contributed by atoms with Crippen LogP contribution in [0.5, 0.6) is 0 Å². The molecule has 1 saturated heterocycles. The summed E-state index contributed by atoms with van der Waals surface area (Å²) in [5.41, 5.74) is 3.68. The fraction of sp³-hybridized carbons (Fsp3) is 0.400. The molecule has 0 atom stereocenters. The molecular formula is C15H16N2. The van der Waals surface area contributed by atoms with Gasteiger partial charge in [0.15, 0.2) is 0 Å². The first-order valence-corrected chi connectivity index (χ1v) is 6.27. The highest BCUT2D eigenvalue weighted by Gasteiger charge is 2.37. The molecule has 0 amide bonds. The second-order valence-corrected chi connectivity index (χ2v) is 5.01. The van der Waals surface area contributed by atoms with E-state index in [0.29, 0.717) is 0 Å². The van der Waals surface area contributed by atoms with Gasteiger partial charge in [0, 0.05) is 5.41 Å². The van der Waals surface area contributed by atoms with Crippen molar-refractivity contribution in [1.29, 1.82) is 5.26 Å². The van der Waals surface area contributed by atoms with Crippen LogP contribution in [-0.2, 0) is 5.41 Å². The van der Waals surface area contributed by atoms with E-state index in [-0.39, 0.29) is 5.41 Å². The molecule has 2 aliphatic rings. The Labute approximate surface area is 102 Å². The molecule has 2 nitrogen and oxygen atoms in total. The van der Waals surface area contributed by atoms with E-state index in [1.54, 1.807) is 0 Å². The normalized spacial score (nSPS) is 21.5. The third-order valence-electron chi connectivity index (χ3n) is 4.17. The molecule has 1 aromatic carbocycles. The summed E-state index contributed by atoms with van der Waals surface area (Å²) in [6.45, 7) is 2.17. The molecule has 1 fully saturated rings. The van der Waals surface area contributed by atoms with Crippen molar-refractivity contribution in [3.8, 4) is 6.07 Å². The van der Waals surface area contributed by atoms with Crippen LogP contribution >= 0.6 is 0 Å². The summed E-state index contributed by atoms with van der Waals surface area (Å²) in [5, 5.41) is 12.6. The molecule has 0 aromatic heterocycles. The van der Waals surface area contributed by atoms with Crippen molar-refractivity contribution in [3.63, 3.8) is 0 Å². The second kappa shape index (κ2) is 4.01. The molecule has 0 unspecified atom stereocenters. The maximum atomic E-state index is 9.19. The Bertz CT molecular complexity index is 502. The van der Waals surface area contributed by atoms with Crippen molar-refractivity contribution < 1.29 is 0 Å². The lowest BCUT2D eigenvalue weighted by atomic mass is 9.66. The summed E-state index contributed by atoms with van der Waals surface area (Å²) in [5.74, 6) is 0. The number of rotatable bonds is 0. The van der Waals surface area contributed by atoms with Crippen LogP contribution in [0.3, 0.4) is 0 Å². The Morgan fingerprint density at radius 2 is 1.94 bits per heavy atom. The van der Waals surface area contributed by atoms with Crippen LogP contribution in [0.4, 0.5) is 0 Å². The van der Waals surface area contributed by atoms with E-state index < -0.39 is 0 Å². The molecule has 1 heterocycles. The highest BCUT2D eigenvalue weighted by Crippen LogP contribution is 2.44. The van der Waals surface area contributed by atoms with Gasteiger partial charge in [-0.25, -0.2) is 0 Å². The van der Waals surface area contributed by atoms with Crippen molar-refractivity contribution in [2.75, 3.05) is 13.1 Å². The average molecular weight is 224 g/mol. The number of fused-ring (bicyclic) bond motifs is 2. The van der Waals surface area contributed by atoms with E-state index in [1.807, 2.05) is 6.07 Å².